The minimum absolute atomic E-state index is 0.176. The summed E-state index contributed by atoms with van der Waals surface area (Å²) in [5.41, 5.74) is 0. The number of hydrogen-bond donors (Lipinski definition) is 0. The number of halogens is 4. The first-order chi connectivity index (χ1) is 5.42. The van der Waals surface area contributed by atoms with Gasteiger partial charge in [-0.3, -0.25) is 0 Å². The second-order valence-corrected chi connectivity index (χ2v) is 4.15. The van der Waals surface area contributed by atoms with Crippen LogP contribution in [0, 0.1) is 0 Å². The molecular formula is C7H12BrF3O. The van der Waals surface area contributed by atoms with Gasteiger partial charge in [0.1, 0.15) is 6.61 Å². The fourth-order valence-electron chi connectivity index (χ4n) is 0.655. The molecule has 0 radical (unpaired) electrons. The molecule has 0 rings (SSSR count). The molecule has 0 aliphatic carbocycles. The minimum Gasteiger partial charge on any atom is -0.372 e. The normalized spacial score (nSPS) is 14.8. The van der Waals surface area contributed by atoms with Gasteiger partial charge < -0.3 is 4.74 Å². The Morgan fingerprint density at radius 1 is 1.42 bits per heavy atom. The molecule has 0 saturated heterocycles. The maximum absolute atomic E-state index is 11.5. The van der Waals surface area contributed by atoms with Gasteiger partial charge in [0, 0.05) is 11.4 Å². The molecule has 0 aromatic rings. The van der Waals surface area contributed by atoms with E-state index < -0.39 is 12.8 Å². The molecule has 0 fully saturated rings. The van der Waals surface area contributed by atoms with E-state index in [2.05, 4.69) is 20.7 Å². The van der Waals surface area contributed by atoms with Crippen LogP contribution in [0.2, 0.25) is 0 Å². The van der Waals surface area contributed by atoms with E-state index in [1.54, 1.807) is 0 Å². The molecule has 74 valence electrons. The average molecular weight is 249 g/mol. The molecule has 0 aliphatic heterocycles. The van der Waals surface area contributed by atoms with Gasteiger partial charge in [-0.1, -0.05) is 22.9 Å². The van der Waals surface area contributed by atoms with Crippen molar-refractivity contribution < 1.29 is 17.9 Å². The lowest BCUT2D eigenvalue weighted by Gasteiger charge is -2.07. The van der Waals surface area contributed by atoms with Crippen LogP contribution in [0.3, 0.4) is 0 Å². The minimum atomic E-state index is -4.19. The van der Waals surface area contributed by atoms with Crippen molar-refractivity contribution in [3.05, 3.63) is 0 Å². The quantitative estimate of drug-likeness (QED) is 0.537. The molecule has 12 heavy (non-hydrogen) atoms. The van der Waals surface area contributed by atoms with Crippen LogP contribution < -0.4 is 0 Å². The third-order valence-corrected chi connectivity index (χ3v) is 1.61. The first-order valence-electron chi connectivity index (χ1n) is 3.70. The molecule has 5 heteroatoms. The van der Waals surface area contributed by atoms with Gasteiger partial charge in [0.25, 0.3) is 0 Å². The van der Waals surface area contributed by atoms with Crippen molar-refractivity contribution in [1.29, 1.82) is 0 Å². The Balaban J connectivity index is 3.12. The smallest absolute Gasteiger partial charge is 0.372 e. The lowest BCUT2D eigenvalue weighted by atomic mass is 10.3. The Labute approximate surface area is 78.4 Å². The van der Waals surface area contributed by atoms with Crippen LogP contribution in [0.4, 0.5) is 13.2 Å². The van der Waals surface area contributed by atoms with Crippen molar-refractivity contribution in [2.45, 2.75) is 30.8 Å². The predicted octanol–water partition coefficient (Wildman–Crippen LogP) is 3.13. The first-order valence-corrected chi connectivity index (χ1v) is 4.62. The number of ether oxygens (including phenoxy) is 1. The van der Waals surface area contributed by atoms with E-state index in [0.29, 0.717) is 11.2 Å². The highest BCUT2D eigenvalue weighted by molar-refractivity contribution is 9.09. The Morgan fingerprint density at radius 3 is 2.42 bits per heavy atom. The second kappa shape index (κ2) is 5.80. The Kier molecular flexibility index (Phi) is 5.92. The summed E-state index contributed by atoms with van der Waals surface area (Å²) in [5.74, 6) is 0. The second-order valence-electron chi connectivity index (χ2n) is 2.59. The zero-order valence-corrected chi connectivity index (χ0v) is 8.41. The molecule has 0 aliphatic rings. The van der Waals surface area contributed by atoms with Gasteiger partial charge >= 0.3 is 6.18 Å². The molecular weight excluding hydrogens is 237 g/mol. The van der Waals surface area contributed by atoms with Crippen molar-refractivity contribution in [3.63, 3.8) is 0 Å². The summed E-state index contributed by atoms with van der Waals surface area (Å²) in [4.78, 5) is 0.340. The van der Waals surface area contributed by atoms with Crippen LogP contribution >= 0.6 is 15.9 Å². The van der Waals surface area contributed by atoms with Gasteiger partial charge in [-0.05, 0) is 12.8 Å². The van der Waals surface area contributed by atoms with E-state index >= 15 is 0 Å². The summed E-state index contributed by atoms with van der Waals surface area (Å²) in [6.07, 6.45) is -2.71. The summed E-state index contributed by atoms with van der Waals surface area (Å²) in [6.45, 7) is 0.989. The van der Waals surface area contributed by atoms with Gasteiger partial charge in [-0.15, -0.1) is 0 Å². The Bertz CT molecular complexity index is 114. The van der Waals surface area contributed by atoms with Gasteiger partial charge in [0.15, 0.2) is 0 Å². The van der Waals surface area contributed by atoms with Crippen molar-refractivity contribution in [2.75, 3.05) is 13.2 Å². The van der Waals surface area contributed by atoms with Crippen LogP contribution in [0.25, 0.3) is 0 Å². The highest BCUT2D eigenvalue weighted by atomic mass is 79.9. The molecule has 0 aromatic heterocycles. The topological polar surface area (TPSA) is 9.23 Å². The number of hydrogen-bond acceptors (Lipinski definition) is 1. The first kappa shape index (κ1) is 12.2. The summed E-state index contributed by atoms with van der Waals surface area (Å²) in [5, 5.41) is 0. The summed E-state index contributed by atoms with van der Waals surface area (Å²) >= 11 is 3.29. The van der Waals surface area contributed by atoms with E-state index in [0.717, 1.165) is 6.42 Å². The molecule has 1 unspecified atom stereocenters. The molecule has 1 atom stereocenters. The maximum atomic E-state index is 11.5. The number of alkyl halides is 4. The van der Waals surface area contributed by atoms with Crippen LogP contribution in [0.1, 0.15) is 19.8 Å². The van der Waals surface area contributed by atoms with Gasteiger partial charge in [-0.2, -0.15) is 13.2 Å². The third-order valence-electron chi connectivity index (χ3n) is 1.16. The zero-order valence-electron chi connectivity index (χ0n) is 6.83. The summed E-state index contributed by atoms with van der Waals surface area (Å²) < 4.78 is 38.9. The highest BCUT2D eigenvalue weighted by Gasteiger charge is 2.27. The monoisotopic (exact) mass is 248 g/mol. The highest BCUT2D eigenvalue weighted by Crippen LogP contribution is 2.15. The molecule has 0 spiro atoms. The molecule has 0 bridgehead atoms. The molecule has 0 aromatic carbocycles. The lowest BCUT2D eigenvalue weighted by Crippen LogP contribution is -2.17. The maximum Gasteiger partial charge on any atom is 0.411 e. The molecule has 0 amide bonds. The van der Waals surface area contributed by atoms with Crippen LogP contribution in [-0.4, -0.2) is 24.2 Å². The fraction of sp³-hybridized carbons (Fsp3) is 1.00. The molecule has 0 saturated carbocycles. The largest absolute Gasteiger partial charge is 0.411 e. The van der Waals surface area contributed by atoms with E-state index in [-0.39, 0.29) is 6.61 Å². The number of rotatable bonds is 5. The van der Waals surface area contributed by atoms with Crippen LogP contribution in [0.5, 0.6) is 0 Å². The van der Waals surface area contributed by atoms with E-state index in [1.807, 2.05) is 6.92 Å². The van der Waals surface area contributed by atoms with Crippen LogP contribution in [-0.2, 0) is 4.74 Å². The van der Waals surface area contributed by atoms with Gasteiger partial charge in [-0.25, -0.2) is 0 Å². The predicted molar refractivity (Wildman–Crippen MR) is 44.5 cm³/mol. The third kappa shape index (κ3) is 10.2. The lowest BCUT2D eigenvalue weighted by molar-refractivity contribution is -0.174. The van der Waals surface area contributed by atoms with Crippen molar-refractivity contribution in [1.82, 2.24) is 0 Å². The summed E-state index contributed by atoms with van der Waals surface area (Å²) in [6, 6.07) is 0. The molecule has 1 nitrogen and oxygen atoms in total. The van der Waals surface area contributed by atoms with E-state index in [1.165, 1.54) is 0 Å². The zero-order chi connectivity index (χ0) is 9.61. The Morgan fingerprint density at radius 2 is 2.00 bits per heavy atom. The fourth-order valence-corrected chi connectivity index (χ4v) is 0.978. The Hall–Kier alpha value is 0.230. The standard InChI is InChI=1S/C7H12BrF3O/c1-6(8)3-2-4-12-5-7(9,10)11/h6H,2-5H2,1H3. The summed E-state index contributed by atoms with van der Waals surface area (Å²) in [7, 11) is 0. The van der Waals surface area contributed by atoms with Gasteiger partial charge in [0.05, 0.1) is 0 Å². The van der Waals surface area contributed by atoms with Crippen molar-refractivity contribution in [2.24, 2.45) is 0 Å². The molecule has 0 heterocycles. The van der Waals surface area contributed by atoms with Crippen molar-refractivity contribution in [3.8, 4) is 0 Å². The van der Waals surface area contributed by atoms with Crippen molar-refractivity contribution >= 4 is 15.9 Å². The SMILES string of the molecule is CC(Br)CCCOCC(F)(F)F. The van der Waals surface area contributed by atoms with Gasteiger partial charge in [0.2, 0.25) is 0 Å². The van der Waals surface area contributed by atoms with E-state index in [4.69, 9.17) is 0 Å². The molecule has 0 N–H and O–H groups in total. The van der Waals surface area contributed by atoms with E-state index in [9.17, 15) is 13.2 Å². The van der Waals surface area contributed by atoms with Crippen LogP contribution in [0.15, 0.2) is 0 Å². The average Bonchev–Trinajstić information content (AvgIpc) is 1.83.